The van der Waals surface area contributed by atoms with E-state index in [1.165, 1.54) is 12.1 Å². The number of halogens is 1. The van der Waals surface area contributed by atoms with E-state index in [1.54, 1.807) is 26.0 Å². The van der Waals surface area contributed by atoms with E-state index in [2.05, 4.69) is 16.0 Å². The van der Waals surface area contributed by atoms with Gasteiger partial charge in [-0.15, -0.1) is 0 Å². The first-order chi connectivity index (χ1) is 9.43. The molecule has 1 unspecified atom stereocenters. The Hall–Kier alpha value is -1.95. The Morgan fingerprint density at radius 3 is 2.60 bits per heavy atom. The molecule has 110 valence electrons. The summed E-state index contributed by atoms with van der Waals surface area (Å²) in [5.74, 6) is -0.755. The highest BCUT2D eigenvalue weighted by molar-refractivity contribution is 5.96. The first kappa shape index (κ1) is 16.1. The molecule has 0 aliphatic heterocycles. The number of carbonyl (C=O) groups excluding carboxylic acids is 2. The molecular formula is C14H20FN3O2. The van der Waals surface area contributed by atoms with Gasteiger partial charge in [0.25, 0.3) is 0 Å². The number of carbonyl (C=O) groups is 2. The number of nitrogens with one attached hydrogen (secondary N) is 3. The first-order valence-corrected chi connectivity index (χ1v) is 6.54. The smallest absolute Gasteiger partial charge is 0.321 e. The minimum atomic E-state index is -0.573. The Morgan fingerprint density at radius 1 is 1.30 bits per heavy atom. The number of imide groups is 1. The Kier molecular flexibility index (Phi) is 6.11. The standard InChI is InChI=1S/C14H20FN3O2/c1-4-16-14(20)18-13(19)10(3)17-9(2)11-6-5-7-12(15)8-11/h5-10,17H,4H2,1-3H3,(H2,16,18,19,20)/t9-,10?/m0/s1. The Labute approximate surface area is 117 Å². The molecule has 0 saturated heterocycles. The molecule has 1 aromatic rings. The lowest BCUT2D eigenvalue weighted by molar-refractivity contribution is -0.121. The zero-order chi connectivity index (χ0) is 15.1. The van der Waals surface area contributed by atoms with Crippen LogP contribution < -0.4 is 16.0 Å². The van der Waals surface area contributed by atoms with Crippen LogP contribution in [-0.4, -0.2) is 24.5 Å². The minimum Gasteiger partial charge on any atom is -0.338 e. The Bertz CT molecular complexity index is 479. The second-order valence-corrected chi connectivity index (χ2v) is 4.51. The highest BCUT2D eigenvalue weighted by Gasteiger charge is 2.18. The summed E-state index contributed by atoms with van der Waals surface area (Å²) in [6.07, 6.45) is 0. The Morgan fingerprint density at radius 2 is 2.00 bits per heavy atom. The van der Waals surface area contributed by atoms with Crippen LogP contribution in [0.3, 0.4) is 0 Å². The monoisotopic (exact) mass is 281 g/mol. The summed E-state index contributed by atoms with van der Waals surface area (Å²) in [6.45, 7) is 5.67. The third-order valence-electron chi connectivity index (χ3n) is 2.82. The molecule has 0 aliphatic carbocycles. The van der Waals surface area contributed by atoms with E-state index < -0.39 is 18.0 Å². The molecule has 0 bridgehead atoms. The molecule has 1 aromatic carbocycles. The van der Waals surface area contributed by atoms with Crippen molar-refractivity contribution in [1.29, 1.82) is 0 Å². The van der Waals surface area contributed by atoms with Gasteiger partial charge in [0.1, 0.15) is 5.82 Å². The zero-order valence-electron chi connectivity index (χ0n) is 11.9. The van der Waals surface area contributed by atoms with Crippen molar-refractivity contribution in [3.05, 3.63) is 35.6 Å². The van der Waals surface area contributed by atoms with E-state index in [-0.39, 0.29) is 11.9 Å². The second-order valence-electron chi connectivity index (χ2n) is 4.51. The van der Waals surface area contributed by atoms with Crippen molar-refractivity contribution in [2.75, 3.05) is 6.54 Å². The van der Waals surface area contributed by atoms with Crippen molar-refractivity contribution < 1.29 is 14.0 Å². The second kappa shape index (κ2) is 7.59. The van der Waals surface area contributed by atoms with E-state index in [0.717, 1.165) is 5.56 Å². The molecule has 1 rings (SSSR count). The molecule has 0 saturated carbocycles. The SMILES string of the molecule is CCNC(=O)NC(=O)C(C)N[C@@H](C)c1cccc(F)c1. The normalized spacial score (nSPS) is 13.4. The molecule has 2 atom stereocenters. The summed E-state index contributed by atoms with van der Waals surface area (Å²) in [6, 6.07) is 4.85. The van der Waals surface area contributed by atoms with Gasteiger partial charge < -0.3 is 5.32 Å². The molecule has 3 N–H and O–H groups in total. The van der Waals surface area contributed by atoms with Crippen LogP contribution in [0.15, 0.2) is 24.3 Å². The van der Waals surface area contributed by atoms with Gasteiger partial charge in [0, 0.05) is 12.6 Å². The highest BCUT2D eigenvalue weighted by atomic mass is 19.1. The largest absolute Gasteiger partial charge is 0.338 e. The van der Waals surface area contributed by atoms with Gasteiger partial charge in [0.05, 0.1) is 6.04 Å². The fourth-order valence-electron chi connectivity index (χ4n) is 1.75. The zero-order valence-corrected chi connectivity index (χ0v) is 11.9. The van der Waals surface area contributed by atoms with Gasteiger partial charge in [0.15, 0.2) is 0 Å². The molecule has 20 heavy (non-hydrogen) atoms. The van der Waals surface area contributed by atoms with Gasteiger partial charge >= 0.3 is 6.03 Å². The van der Waals surface area contributed by atoms with Crippen molar-refractivity contribution in [2.45, 2.75) is 32.9 Å². The van der Waals surface area contributed by atoms with Crippen LogP contribution in [0.1, 0.15) is 32.4 Å². The molecular weight excluding hydrogens is 261 g/mol. The van der Waals surface area contributed by atoms with Gasteiger partial charge in [-0.05, 0) is 38.5 Å². The van der Waals surface area contributed by atoms with Crippen LogP contribution in [0.5, 0.6) is 0 Å². The van der Waals surface area contributed by atoms with Gasteiger partial charge in [-0.25, -0.2) is 9.18 Å². The molecule has 0 spiro atoms. The molecule has 0 aliphatic rings. The summed E-state index contributed by atoms with van der Waals surface area (Å²) in [5, 5.41) is 7.71. The fraction of sp³-hybridized carbons (Fsp3) is 0.429. The molecule has 6 heteroatoms. The third kappa shape index (κ3) is 4.97. The van der Waals surface area contributed by atoms with Crippen molar-refractivity contribution >= 4 is 11.9 Å². The highest BCUT2D eigenvalue weighted by Crippen LogP contribution is 2.14. The van der Waals surface area contributed by atoms with Gasteiger partial charge in [0.2, 0.25) is 5.91 Å². The summed E-state index contributed by atoms with van der Waals surface area (Å²) < 4.78 is 13.1. The van der Waals surface area contributed by atoms with Crippen LogP contribution in [0, 0.1) is 5.82 Å². The molecule has 0 fully saturated rings. The van der Waals surface area contributed by atoms with E-state index in [0.29, 0.717) is 6.54 Å². The van der Waals surface area contributed by atoms with Gasteiger partial charge in [-0.3, -0.25) is 15.4 Å². The lowest BCUT2D eigenvalue weighted by Crippen LogP contribution is -2.48. The average Bonchev–Trinajstić information content (AvgIpc) is 2.38. The first-order valence-electron chi connectivity index (χ1n) is 6.54. The predicted octanol–water partition coefficient (Wildman–Crippen LogP) is 1.71. The number of hydrogen-bond acceptors (Lipinski definition) is 3. The van der Waals surface area contributed by atoms with Crippen LogP contribution in [0.2, 0.25) is 0 Å². The summed E-state index contributed by atoms with van der Waals surface area (Å²) in [7, 11) is 0. The van der Waals surface area contributed by atoms with Crippen LogP contribution in [-0.2, 0) is 4.79 Å². The lowest BCUT2D eigenvalue weighted by atomic mass is 10.1. The third-order valence-corrected chi connectivity index (χ3v) is 2.82. The van der Waals surface area contributed by atoms with Crippen LogP contribution in [0.4, 0.5) is 9.18 Å². The fourth-order valence-corrected chi connectivity index (χ4v) is 1.75. The topological polar surface area (TPSA) is 70.2 Å². The maximum Gasteiger partial charge on any atom is 0.321 e. The lowest BCUT2D eigenvalue weighted by Gasteiger charge is -2.19. The quantitative estimate of drug-likeness (QED) is 0.769. The van der Waals surface area contributed by atoms with E-state index in [1.807, 2.05) is 6.92 Å². The summed E-state index contributed by atoms with van der Waals surface area (Å²) in [4.78, 5) is 23.0. The van der Waals surface area contributed by atoms with Gasteiger partial charge in [-0.2, -0.15) is 0 Å². The number of urea groups is 1. The average molecular weight is 281 g/mol. The molecule has 5 nitrogen and oxygen atoms in total. The molecule has 0 aromatic heterocycles. The number of amides is 3. The van der Waals surface area contributed by atoms with E-state index >= 15 is 0 Å². The minimum absolute atomic E-state index is 0.208. The van der Waals surface area contributed by atoms with E-state index in [4.69, 9.17) is 0 Å². The van der Waals surface area contributed by atoms with E-state index in [9.17, 15) is 14.0 Å². The number of rotatable bonds is 5. The van der Waals surface area contributed by atoms with Crippen LogP contribution >= 0.6 is 0 Å². The Balaban J connectivity index is 2.54. The van der Waals surface area contributed by atoms with Gasteiger partial charge in [-0.1, -0.05) is 12.1 Å². The maximum absolute atomic E-state index is 13.1. The summed E-state index contributed by atoms with van der Waals surface area (Å²) in [5.41, 5.74) is 0.739. The van der Waals surface area contributed by atoms with Crippen molar-refractivity contribution in [2.24, 2.45) is 0 Å². The maximum atomic E-state index is 13.1. The number of hydrogen-bond donors (Lipinski definition) is 3. The molecule has 3 amide bonds. The summed E-state index contributed by atoms with van der Waals surface area (Å²) >= 11 is 0. The van der Waals surface area contributed by atoms with Crippen molar-refractivity contribution in [3.8, 4) is 0 Å². The molecule has 0 heterocycles. The van der Waals surface area contributed by atoms with Crippen molar-refractivity contribution in [3.63, 3.8) is 0 Å². The molecule has 0 radical (unpaired) electrons. The van der Waals surface area contributed by atoms with Crippen molar-refractivity contribution in [1.82, 2.24) is 16.0 Å². The number of benzene rings is 1. The van der Waals surface area contributed by atoms with Crippen LogP contribution in [0.25, 0.3) is 0 Å². The predicted molar refractivity (Wildman–Crippen MR) is 74.6 cm³/mol.